The average molecular weight is 208 g/mol. The Labute approximate surface area is 93.6 Å². The number of rotatable bonds is 3. The van der Waals surface area contributed by atoms with E-state index in [1.165, 1.54) is 12.8 Å². The Bertz CT molecular complexity index is 269. The van der Waals surface area contributed by atoms with Gasteiger partial charge in [0, 0.05) is 5.41 Å². The van der Waals surface area contributed by atoms with Gasteiger partial charge in [0.15, 0.2) is 0 Å². The van der Waals surface area contributed by atoms with Crippen LogP contribution in [0.3, 0.4) is 0 Å². The van der Waals surface area contributed by atoms with E-state index in [1.807, 2.05) is 6.92 Å². The fourth-order valence-electron chi connectivity index (χ4n) is 4.48. The maximum Gasteiger partial charge on any atom is 0.136 e. The normalized spacial score (nSPS) is 48.5. The molecule has 86 valence electrons. The van der Waals surface area contributed by atoms with Gasteiger partial charge in [-0.15, -0.1) is 0 Å². The standard InChI is InChI=1S/C14H24O/c1-5-6-14(11(4)15)8-12-7-13(14)10(3)9(12)2/h9-10,12-13H,5-8H2,1-4H3. The highest BCUT2D eigenvalue weighted by molar-refractivity contribution is 5.83. The zero-order valence-electron chi connectivity index (χ0n) is 10.5. The summed E-state index contributed by atoms with van der Waals surface area (Å²) in [5.41, 5.74) is 0.0747. The van der Waals surface area contributed by atoms with E-state index in [4.69, 9.17) is 0 Å². The van der Waals surface area contributed by atoms with Crippen LogP contribution in [0.25, 0.3) is 0 Å². The molecule has 0 spiro atoms. The lowest BCUT2D eigenvalue weighted by Gasteiger charge is -2.41. The molecule has 0 aromatic carbocycles. The zero-order valence-corrected chi connectivity index (χ0v) is 10.5. The molecule has 15 heavy (non-hydrogen) atoms. The number of Topliss-reactive ketones (excluding diaryl/α,β-unsaturated/α-hetero) is 1. The first-order chi connectivity index (χ1) is 7.03. The molecule has 0 aromatic heterocycles. The summed E-state index contributed by atoms with van der Waals surface area (Å²) in [4.78, 5) is 12.0. The van der Waals surface area contributed by atoms with Gasteiger partial charge >= 0.3 is 0 Å². The van der Waals surface area contributed by atoms with Crippen molar-refractivity contribution in [1.29, 1.82) is 0 Å². The molecule has 0 saturated heterocycles. The molecule has 5 unspecified atom stereocenters. The van der Waals surface area contributed by atoms with Gasteiger partial charge in [-0.25, -0.2) is 0 Å². The van der Waals surface area contributed by atoms with Gasteiger partial charge in [-0.3, -0.25) is 4.79 Å². The minimum absolute atomic E-state index is 0.0747. The fraction of sp³-hybridized carbons (Fsp3) is 0.929. The summed E-state index contributed by atoms with van der Waals surface area (Å²) in [6, 6.07) is 0. The van der Waals surface area contributed by atoms with Gasteiger partial charge in [0.05, 0.1) is 0 Å². The fourth-order valence-corrected chi connectivity index (χ4v) is 4.48. The third-order valence-electron chi connectivity index (χ3n) is 5.50. The zero-order chi connectivity index (χ0) is 11.2. The lowest BCUT2D eigenvalue weighted by Crippen LogP contribution is -2.40. The Morgan fingerprint density at radius 2 is 2.00 bits per heavy atom. The molecule has 1 nitrogen and oxygen atoms in total. The van der Waals surface area contributed by atoms with E-state index in [0.29, 0.717) is 11.7 Å². The number of fused-ring (bicyclic) bond motifs is 2. The van der Waals surface area contributed by atoms with Crippen molar-refractivity contribution in [1.82, 2.24) is 0 Å². The lowest BCUT2D eigenvalue weighted by atomic mass is 9.62. The number of carbonyl (C=O) groups excluding carboxylic acids is 1. The van der Waals surface area contributed by atoms with Crippen LogP contribution in [0.4, 0.5) is 0 Å². The van der Waals surface area contributed by atoms with Crippen LogP contribution in [0.15, 0.2) is 0 Å². The summed E-state index contributed by atoms with van der Waals surface area (Å²) in [5, 5.41) is 0. The molecule has 2 aliphatic carbocycles. The Kier molecular flexibility index (Phi) is 2.68. The number of ketones is 1. The first kappa shape index (κ1) is 11.2. The van der Waals surface area contributed by atoms with Crippen molar-refractivity contribution in [3.05, 3.63) is 0 Å². The van der Waals surface area contributed by atoms with Crippen LogP contribution < -0.4 is 0 Å². The van der Waals surface area contributed by atoms with Crippen molar-refractivity contribution in [2.75, 3.05) is 0 Å². The van der Waals surface area contributed by atoms with Crippen molar-refractivity contribution in [3.8, 4) is 0 Å². The molecule has 0 aromatic rings. The molecule has 0 N–H and O–H groups in total. The van der Waals surface area contributed by atoms with Crippen LogP contribution in [0.2, 0.25) is 0 Å². The molecular weight excluding hydrogens is 184 g/mol. The number of carbonyl (C=O) groups is 1. The first-order valence-electron chi connectivity index (χ1n) is 6.54. The average Bonchev–Trinajstić information content (AvgIpc) is 2.67. The smallest absolute Gasteiger partial charge is 0.136 e. The Balaban J connectivity index is 2.27. The molecular formula is C14H24O. The molecule has 1 heteroatoms. The Morgan fingerprint density at radius 3 is 2.40 bits per heavy atom. The van der Waals surface area contributed by atoms with Gasteiger partial charge in [-0.2, -0.15) is 0 Å². The van der Waals surface area contributed by atoms with Crippen LogP contribution in [-0.4, -0.2) is 5.78 Å². The van der Waals surface area contributed by atoms with Gasteiger partial charge in [0.1, 0.15) is 5.78 Å². The van der Waals surface area contributed by atoms with Gasteiger partial charge in [0.2, 0.25) is 0 Å². The predicted octanol–water partition coefficient (Wildman–Crippen LogP) is 3.67. The second-order valence-electron chi connectivity index (χ2n) is 5.99. The second-order valence-corrected chi connectivity index (χ2v) is 5.99. The van der Waals surface area contributed by atoms with E-state index in [2.05, 4.69) is 20.8 Å². The van der Waals surface area contributed by atoms with Crippen LogP contribution in [-0.2, 0) is 4.79 Å². The summed E-state index contributed by atoms with van der Waals surface area (Å²) in [5.74, 6) is 3.60. The molecule has 0 radical (unpaired) electrons. The van der Waals surface area contributed by atoms with Crippen LogP contribution in [0.5, 0.6) is 0 Å². The van der Waals surface area contributed by atoms with Crippen LogP contribution >= 0.6 is 0 Å². The molecule has 2 saturated carbocycles. The largest absolute Gasteiger partial charge is 0.299 e. The Hall–Kier alpha value is -0.330. The van der Waals surface area contributed by atoms with E-state index in [-0.39, 0.29) is 5.41 Å². The Morgan fingerprint density at radius 1 is 1.33 bits per heavy atom. The van der Waals surface area contributed by atoms with Gasteiger partial charge < -0.3 is 0 Å². The summed E-state index contributed by atoms with van der Waals surface area (Å²) < 4.78 is 0. The van der Waals surface area contributed by atoms with E-state index >= 15 is 0 Å². The molecule has 2 aliphatic rings. The van der Waals surface area contributed by atoms with Crippen LogP contribution in [0.1, 0.15) is 53.4 Å². The maximum atomic E-state index is 12.0. The predicted molar refractivity (Wildman–Crippen MR) is 62.6 cm³/mol. The van der Waals surface area contributed by atoms with Gasteiger partial charge in [-0.1, -0.05) is 27.2 Å². The summed E-state index contributed by atoms with van der Waals surface area (Å²) in [7, 11) is 0. The van der Waals surface area contributed by atoms with E-state index in [0.717, 1.165) is 30.6 Å². The number of hydrogen-bond donors (Lipinski definition) is 0. The second kappa shape index (κ2) is 3.61. The third kappa shape index (κ3) is 1.38. The van der Waals surface area contributed by atoms with E-state index in [1.54, 1.807) is 0 Å². The summed E-state index contributed by atoms with van der Waals surface area (Å²) in [6.45, 7) is 8.78. The topological polar surface area (TPSA) is 17.1 Å². The minimum atomic E-state index is 0.0747. The molecule has 2 fully saturated rings. The van der Waals surface area contributed by atoms with Gasteiger partial charge in [-0.05, 0) is 49.9 Å². The summed E-state index contributed by atoms with van der Waals surface area (Å²) in [6.07, 6.45) is 4.79. The first-order valence-corrected chi connectivity index (χ1v) is 6.54. The van der Waals surface area contributed by atoms with Crippen molar-refractivity contribution in [2.24, 2.45) is 29.1 Å². The highest BCUT2D eigenvalue weighted by atomic mass is 16.1. The van der Waals surface area contributed by atoms with E-state index in [9.17, 15) is 4.79 Å². The minimum Gasteiger partial charge on any atom is -0.299 e. The number of hydrogen-bond acceptors (Lipinski definition) is 1. The monoisotopic (exact) mass is 208 g/mol. The van der Waals surface area contributed by atoms with Crippen molar-refractivity contribution < 1.29 is 4.79 Å². The highest BCUT2D eigenvalue weighted by Crippen LogP contribution is 2.62. The van der Waals surface area contributed by atoms with E-state index < -0.39 is 0 Å². The molecule has 0 amide bonds. The third-order valence-corrected chi connectivity index (χ3v) is 5.50. The highest BCUT2D eigenvalue weighted by Gasteiger charge is 2.58. The van der Waals surface area contributed by atoms with Crippen molar-refractivity contribution in [3.63, 3.8) is 0 Å². The van der Waals surface area contributed by atoms with Gasteiger partial charge in [0.25, 0.3) is 0 Å². The quantitative estimate of drug-likeness (QED) is 0.691. The lowest BCUT2D eigenvalue weighted by molar-refractivity contribution is -0.132. The van der Waals surface area contributed by atoms with Crippen LogP contribution in [0, 0.1) is 29.1 Å². The molecule has 0 heterocycles. The van der Waals surface area contributed by atoms with Crippen molar-refractivity contribution in [2.45, 2.75) is 53.4 Å². The molecule has 2 bridgehead atoms. The van der Waals surface area contributed by atoms with Crippen molar-refractivity contribution >= 4 is 5.78 Å². The molecule has 2 rings (SSSR count). The molecule has 5 atom stereocenters. The maximum absolute atomic E-state index is 12.0. The SMILES string of the molecule is CCCC1(C(C)=O)CC2CC1C(C)C2C. The molecule has 0 aliphatic heterocycles. The summed E-state index contributed by atoms with van der Waals surface area (Å²) >= 11 is 0.